The molecule has 1 N–H and O–H groups in total. The van der Waals surface area contributed by atoms with E-state index in [-0.39, 0.29) is 5.56 Å². The van der Waals surface area contributed by atoms with E-state index in [0.29, 0.717) is 0 Å². The molecule has 4 rings (SSSR count). The van der Waals surface area contributed by atoms with E-state index in [2.05, 4.69) is 43.1 Å². The Morgan fingerprint density at radius 2 is 1.84 bits per heavy atom. The molecule has 4 heteroatoms. The molecule has 0 aliphatic rings. The summed E-state index contributed by atoms with van der Waals surface area (Å²) < 4.78 is 0. The zero-order valence-corrected chi connectivity index (χ0v) is 15.0. The third-order valence-electron chi connectivity index (χ3n) is 4.39. The average molecular weight is 346 g/mol. The number of nitrogens with one attached hydrogen (secondary N) is 1. The smallest absolute Gasteiger partial charge is 0.248 e. The predicted molar refractivity (Wildman–Crippen MR) is 105 cm³/mol. The van der Waals surface area contributed by atoms with Gasteiger partial charge in [0.15, 0.2) is 0 Å². The lowest BCUT2D eigenvalue weighted by atomic mass is 10.1. The van der Waals surface area contributed by atoms with Crippen molar-refractivity contribution in [2.45, 2.75) is 24.6 Å². The lowest BCUT2D eigenvalue weighted by Crippen LogP contribution is -2.06. The van der Waals surface area contributed by atoms with E-state index in [1.54, 1.807) is 17.8 Å². The van der Waals surface area contributed by atoms with E-state index in [9.17, 15) is 4.79 Å². The number of benzene rings is 2. The van der Waals surface area contributed by atoms with Crippen LogP contribution in [0.2, 0.25) is 0 Å². The fourth-order valence-electron chi connectivity index (χ4n) is 3.12. The van der Waals surface area contributed by atoms with Gasteiger partial charge >= 0.3 is 0 Å². The molecule has 0 spiro atoms. The number of nitrogens with zero attached hydrogens (tertiary/aromatic N) is 1. The number of pyridine rings is 2. The molecule has 0 bridgehead atoms. The molecule has 124 valence electrons. The molecular formula is C21H18N2OS. The van der Waals surface area contributed by atoms with Crippen molar-refractivity contribution in [1.82, 2.24) is 9.97 Å². The van der Waals surface area contributed by atoms with Crippen LogP contribution in [0.3, 0.4) is 0 Å². The molecule has 3 nitrogen and oxygen atoms in total. The molecule has 0 radical (unpaired) electrons. The number of fused-ring (bicyclic) bond motifs is 2. The van der Waals surface area contributed by atoms with Crippen molar-refractivity contribution in [2.24, 2.45) is 0 Å². The molecule has 0 fully saturated rings. The number of rotatable bonds is 3. The summed E-state index contributed by atoms with van der Waals surface area (Å²) in [5.74, 6) is 0.718. The van der Waals surface area contributed by atoms with E-state index in [1.165, 1.54) is 10.9 Å². The van der Waals surface area contributed by atoms with Crippen molar-refractivity contribution in [3.8, 4) is 0 Å². The Bertz CT molecular complexity index is 1150. The zero-order valence-electron chi connectivity index (χ0n) is 14.2. The molecule has 0 saturated carbocycles. The van der Waals surface area contributed by atoms with Crippen LogP contribution in [0.15, 0.2) is 64.4 Å². The highest BCUT2D eigenvalue weighted by molar-refractivity contribution is 7.98. The highest BCUT2D eigenvalue weighted by Gasteiger charge is 2.09. The Hall–Kier alpha value is -2.59. The normalized spacial score (nSPS) is 11.3. The molecular weight excluding hydrogens is 328 g/mol. The second kappa shape index (κ2) is 6.37. The minimum Gasteiger partial charge on any atom is -0.322 e. The molecule has 4 aromatic rings. The first-order valence-corrected chi connectivity index (χ1v) is 9.21. The quantitative estimate of drug-likeness (QED) is 0.532. The van der Waals surface area contributed by atoms with Crippen LogP contribution in [-0.2, 0) is 5.75 Å². The third-order valence-corrected chi connectivity index (χ3v) is 5.53. The minimum atomic E-state index is -0.0617. The standard InChI is InChI=1S/C21H18N2OS/c1-13-6-5-7-15-10-14(2)21(23-20(13)15)25-12-16-11-19(24)22-18-9-4-3-8-17(16)18/h3-11H,12H2,1-2H3,(H,22,24). The van der Waals surface area contributed by atoms with E-state index in [0.717, 1.165) is 38.3 Å². The number of aromatic amines is 1. The van der Waals surface area contributed by atoms with Gasteiger partial charge in [0.2, 0.25) is 5.56 Å². The van der Waals surface area contributed by atoms with Crippen molar-refractivity contribution in [1.29, 1.82) is 0 Å². The van der Waals surface area contributed by atoms with E-state index >= 15 is 0 Å². The molecule has 0 atom stereocenters. The van der Waals surface area contributed by atoms with Gasteiger partial charge in [0.1, 0.15) is 0 Å². The number of thioether (sulfide) groups is 1. The van der Waals surface area contributed by atoms with Gasteiger partial charge in [-0.2, -0.15) is 0 Å². The highest BCUT2D eigenvalue weighted by atomic mass is 32.2. The first-order chi connectivity index (χ1) is 12.1. The summed E-state index contributed by atoms with van der Waals surface area (Å²) in [6, 6.07) is 18.0. The fourth-order valence-corrected chi connectivity index (χ4v) is 4.10. The maximum Gasteiger partial charge on any atom is 0.248 e. The van der Waals surface area contributed by atoms with E-state index < -0.39 is 0 Å². The number of H-pyrrole nitrogens is 1. The maximum absolute atomic E-state index is 11.9. The lowest BCUT2D eigenvalue weighted by molar-refractivity contribution is 1.11. The Balaban J connectivity index is 1.72. The Labute approximate surface area is 150 Å². The number of hydrogen-bond donors (Lipinski definition) is 1. The third kappa shape index (κ3) is 3.05. The predicted octanol–water partition coefficient (Wildman–Crippen LogP) is 4.99. The van der Waals surface area contributed by atoms with Crippen molar-refractivity contribution >= 4 is 33.6 Å². The second-order valence-electron chi connectivity index (χ2n) is 6.25. The molecule has 0 aliphatic carbocycles. The molecule has 0 aliphatic heterocycles. The summed E-state index contributed by atoms with van der Waals surface area (Å²) in [7, 11) is 0. The van der Waals surface area contributed by atoms with Gasteiger partial charge in [-0.05, 0) is 42.7 Å². The molecule has 2 aromatic heterocycles. The van der Waals surface area contributed by atoms with Gasteiger partial charge in [-0.25, -0.2) is 4.98 Å². The van der Waals surface area contributed by atoms with Crippen molar-refractivity contribution < 1.29 is 0 Å². The number of para-hydroxylation sites is 2. The summed E-state index contributed by atoms with van der Waals surface area (Å²) in [5, 5.41) is 3.28. The van der Waals surface area contributed by atoms with Crippen LogP contribution in [0.25, 0.3) is 21.8 Å². The van der Waals surface area contributed by atoms with Crippen LogP contribution < -0.4 is 5.56 Å². The Kier molecular flexibility index (Phi) is 4.06. The van der Waals surface area contributed by atoms with E-state index in [4.69, 9.17) is 4.98 Å². The molecule has 25 heavy (non-hydrogen) atoms. The van der Waals surface area contributed by atoms with Gasteiger partial charge in [-0.3, -0.25) is 4.79 Å². The summed E-state index contributed by atoms with van der Waals surface area (Å²) >= 11 is 1.68. The van der Waals surface area contributed by atoms with Crippen LogP contribution in [0.1, 0.15) is 16.7 Å². The van der Waals surface area contributed by atoms with Crippen LogP contribution in [0.5, 0.6) is 0 Å². The van der Waals surface area contributed by atoms with Crippen LogP contribution in [-0.4, -0.2) is 9.97 Å². The molecule has 2 heterocycles. The lowest BCUT2D eigenvalue weighted by Gasteiger charge is -2.10. The Morgan fingerprint density at radius 1 is 1.00 bits per heavy atom. The van der Waals surface area contributed by atoms with Gasteiger partial charge in [-0.15, -0.1) is 11.8 Å². The van der Waals surface area contributed by atoms with Crippen LogP contribution >= 0.6 is 11.8 Å². The number of hydrogen-bond acceptors (Lipinski definition) is 3. The first kappa shape index (κ1) is 15.9. The van der Waals surface area contributed by atoms with E-state index in [1.807, 2.05) is 24.3 Å². The monoisotopic (exact) mass is 346 g/mol. The maximum atomic E-state index is 11.9. The van der Waals surface area contributed by atoms with Gasteiger partial charge in [0.25, 0.3) is 0 Å². The van der Waals surface area contributed by atoms with Gasteiger partial charge in [-0.1, -0.05) is 36.4 Å². The molecule has 0 saturated heterocycles. The summed E-state index contributed by atoms with van der Waals surface area (Å²) in [4.78, 5) is 19.7. The summed E-state index contributed by atoms with van der Waals surface area (Å²) in [6.45, 7) is 4.18. The van der Waals surface area contributed by atoms with Gasteiger partial charge in [0, 0.05) is 28.1 Å². The fraction of sp³-hybridized carbons (Fsp3) is 0.143. The zero-order chi connectivity index (χ0) is 17.4. The van der Waals surface area contributed by atoms with Crippen molar-refractivity contribution in [3.63, 3.8) is 0 Å². The minimum absolute atomic E-state index is 0.0617. The topological polar surface area (TPSA) is 45.8 Å². The molecule has 0 amide bonds. The molecule has 0 unspecified atom stereocenters. The molecule has 2 aromatic carbocycles. The SMILES string of the molecule is Cc1cc2cccc(C)c2nc1SCc1cc(=O)[nH]c2ccccc12. The van der Waals surface area contributed by atoms with Gasteiger partial charge in [0.05, 0.1) is 10.5 Å². The summed E-state index contributed by atoms with van der Waals surface area (Å²) in [6.07, 6.45) is 0. The second-order valence-corrected chi connectivity index (χ2v) is 7.21. The van der Waals surface area contributed by atoms with Gasteiger partial charge < -0.3 is 4.98 Å². The first-order valence-electron chi connectivity index (χ1n) is 8.22. The highest BCUT2D eigenvalue weighted by Crippen LogP contribution is 2.29. The summed E-state index contributed by atoms with van der Waals surface area (Å²) in [5.41, 5.74) is 5.25. The van der Waals surface area contributed by atoms with Crippen LogP contribution in [0, 0.1) is 13.8 Å². The Morgan fingerprint density at radius 3 is 2.72 bits per heavy atom. The number of aromatic nitrogens is 2. The largest absolute Gasteiger partial charge is 0.322 e. The number of aryl methyl sites for hydroxylation is 2. The van der Waals surface area contributed by atoms with Crippen molar-refractivity contribution in [2.75, 3.05) is 0 Å². The van der Waals surface area contributed by atoms with Crippen LogP contribution in [0.4, 0.5) is 0 Å². The van der Waals surface area contributed by atoms with Crippen molar-refractivity contribution in [3.05, 3.63) is 81.6 Å². The average Bonchev–Trinajstić information content (AvgIpc) is 2.60.